The lowest BCUT2D eigenvalue weighted by atomic mass is 10.1. The molecule has 0 nitrogen and oxygen atoms in total. The van der Waals surface area contributed by atoms with Gasteiger partial charge in [-0.05, 0) is 18.4 Å². The van der Waals surface area contributed by atoms with Gasteiger partial charge in [0.1, 0.15) is 0 Å². The Morgan fingerprint density at radius 2 is 2.86 bits per heavy atom. The molecular formula is C6H12Si. The molecule has 1 aliphatic carbocycles. The Balaban J connectivity index is 2.55. The van der Waals surface area contributed by atoms with E-state index in [1.54, 1.807) is 0 Å². The van der Waals surface area contributed by atoms with Crippen molar-refractivity contribution in [2.24, 2.45) is 0 Å². The van der Waals surface area contributed by atoms with Gasteiger partial charge in [0.05, 0.1) is 0 Å². The highest BCUT2D eigenvalue weighted by atomic mass is 28.1. The van der Waals surface area contributed by atoms with Crippen molar-refractivity contribution < 1.29 is 0 Å². The molecule has 0 N–H and O–H groups in total. The summed E-state index contributed by atoms with van der Waals surface area (Å²) in [5.41, 5.74) is -0.0405. The van der Waals surface area contributed by atoms with Gasteiger partial charge < -0.3 is 0 Å². The Morgan fingerprint density at radius 3 is 3.29 bits per heavy atom. The van der Waals surface area contributed by atoms with E-state index in [0.717, 1.165) is 19.3 Å². The zero-order valence-corrected chi connectivity index (χ0v) is 5.35. The van der Waals surface area contributed by atoms with Crippen LogP contribution in [-0.4, -0.2) is 13.7 Å². The summed E-state index contributed by atoms with van der Waals surface area (Å²) in [6.45, 7) is 0. The predicted molar refractivity (Wildman–Crippen MR) is 36.7 cm³/mol. The van der Waals surface area contributed by atoms with E-state index in [9.17, 15) is 0 Å². The molecule has 1 atom stereocenters. The summed E-state index contributed by atoms with van der Waals surface area (Å²) in [7, 11) is -3.09. The summed E-state index contributed by atoms with van der Waals surface area (Å²) in [4.78, 5) is 0. The van der Waals surface area contributed by atoms with Crippen LogP contribution in [0.2, 0.25) is 5.54 Å². The third-order valence-corrected chi connectivity index (χ3v) is 1.74. The Bertz CT molecular complexity index is 138. The minimum atomic E-state index is -3.09. The third kappa shape index (κ3) is 1.47. The molecule has 0 saturated heterocycles. The largest absolute Gasteiger partial charge is 0.0890 e. The molecule has 1 rings (SSSR count). The number of allylic oxidation sites excluding steroid dienone is 2. The fraction of sp³-hybridized carbons (Fsp3) is 0.667. The average Bonchev–Trinajstić information content (AvgIpc) is 1.88. The first kappa shape index (κ1) is 2.49. The van der Waals surface area contributed by atoms with Gasteiger partial charge in [-0.2, -0.15) is 0 Å². The highest BCUT2D eigenvalue weighted by Gasteiger charge is 1.98. The molecular weight excluding hydrogens is 100 g/mol. The van der Waals surface area contributed by atoms with Gasteiger partial charge in [-0.25, -0.2) is 0 Å². The lowest BCUT2D eigenvalue weighted by molar-refractivity contribution is 0.729. The molecule has 0 radical (unpaired) electrons. The Kier molecular flexibility index (Phi) is 0.822. The van der Waals surface area contributed by atoms with Gasteiger partial charge in [0.15, 0.2) is 0 Å². The van der Waals surface area contributed by atoms with E-state index in [0.29, 0.717) is 0 Å². The van der Waals surface area contributed by atoms with Crippen molar-refractivity contribution >= 4 is 10.0 Å². The maximum atomic E-state index is 7.25. The van der Waals surface area contributed by atoms with Crippen LogP contribution in [0.1, 0.15) is 19.3 Å². The minimum Gasteiger partial charge on any atom is -0.0890 e. The fourth-order valence-electron chi connectivity index (χ4n) is 0.812. The summed E-state index contributed by atoms with van der Waals surface area (Å²) in [5, 5.41) is 0. The van der Waals surface area contributed by atoms with E-state index < -0.39 is 10.0 Å². The van der Waals surface area contributed by atoms with E-state index in [-0.39, 0.29) is 5.54 Å². The molecule has 1 heteroatoms. The van der Waals surface area contributed by atoms with Crippen LogP contribution < -0.4 is 0 Å². The normalized spacial score (nSPS) is 38.9. The standard InChI is InChI=1S/C6H12Si/c7-6-4-2-1-3-5-6/h2,4,6H,1,3,5H2,7H3/i7T3. The van der Waals surface area contributed by atoms with E-state index >= 15 is 0 Å². The molecule has 0 aliphatic heterocycles. The summed E-state index contributed by atoms with van der Waals surface area (Å²) < 4.78 is 21.7. The monoisotopic (exact) mass is 118 g/mol. The van der Waals surface area contributed by atoms with Crippen LogP contribution in [0.25, 0.3) is 0 Å². The first-order valence-electron chi connectivity index (χ1n) is 4.27. The number of hydrogen-bond acceptors (Lipinski definition) is 0. The third-order valence-electron chi connectivity index (χ3n) is 1.25. The summed E-state index contributed by atoms with van der Waals surface area (Å²) >= 11 is 0. The SMILES string of the molecule is [3H][Si]([3H])([3H])C1C=CCCC1. The maximum absolute atomic E-state index is 7.25. The van der Waals surface area contributed by atoms with Gasteiger partial charge in [0.25, 0.3) is 0 Å². The minimum absolute atomic E-state index is 0.0405. The Hall–Kier alpha value is -0.0431. The zero-order valence-electron chi connectivity index (χ0n) is 7.35. The van der Waals surface area contributed by atoms with Crippen molar-refractivity contribution in [2.75, 3.05) is 0 Å². The second-order valence-corrected chi connectivity index (χ2v) is 2.71. The van der Waals surface area contributed by atoms with Gasteiger partial charge in [0, 0.05) is 13.7 Å². The van der Waals surface area contributed by atoms with Crippen molar-refractivity contribution in [1.29, 1.82) is 3.70 Å². The molecule has 1 aliphatic rings. The van der Waals surface area contributed by atoms with Gasteiger partial charge in [0.2, 0.25) is 0 Å². The second-order valence-electron chi connectivity index (χ2n) is 1.97. The van der Waals surface area contributed by atoms with E-state index in [1.165, 1.54) is 0 Å². The van der Waals surface area contributed by atoms with Crippen molar-refractivity contribution in [3.8, 4) is 0 Å². The first-order valence-corrected chi connectivity index (χ1v) is 3.35. The molecule has 0 aromatic heterocycles. The molecule has 7 heavy (non-hydrogen) atoms. The molecule has 0 heterocycles. The van der Waals surface area contributed by atoms with Crippen LogP contribution in [0, 0.1) is 0 Å². The highest BCUT2D eigenvalue weighted by Crippen LogP contribution is 2.17. The smallest absolute Gasteiger partial charge is 0.0115 e. The van der Waals surface area contributed by atoms with Gasteiger partial charge in [-0.3, -0.25) is 0 Å². The average molecular weight is 118 g/mol. The molecule has 0 fully saturated rings. The van der Waals surface area contributed by atoms with Crippen LogP contribution in [0.5, 0.6) is 0 Å². The lowest BCUT2D eigenvalue weighted by Gasteiger charge is -2.08. The number of hydrogen-bond donors (Lipinski definition) is 0. The summed E-state index contributed by atoms with van der Waals surface area (Å²) in [6.07, 6.45) is 6.92. The van der Waals surface area contributed by atoms with Crippen LogP contribution in [0.3, 0.4) is 0 Å². The van der Waals surface area contributed by atoms with E-state index in [4.69, 9.17) is 3.70 Å². The predicted octanol–water partition coefficient (Wildman–Crippen LogP) is 0.880. The van der Waals surface area contributed by atoms with Crippen molar-refractivity contribution in [2.45, 2.75) is 24.8 Å². The van der Waals surface area contributed by atoms with E-state index in [2.05, 4.69) is 0 Å². The molecule has 1 unspecified atom stereocenters. The van der Waals surface area contributed by atoms with Gasteiger partial charge >= 0.3 is 0 Å². The van der Waals surface area contributed by atoms with Crippen molar-refractivity contribution in [1.82, 2.24) is 0 Å². The Labute approximate surface area is 51.7 Å². The molecule has 0 aromatic rings. The first-order chi connectivity index (χ1) is 4.61. The highest BCUT2D eigenvalue weighted by molar-refractivity contribution is 6.12. The van der Waals surface area contributed by atoms with Crippen LogP contribution in [0.15, 0.2) is 12.2 Å². The van der Waals surface area contributed by atoms with Crippen LogP contribution in [0.4, 0.5) is 0 Å². The van der Waals surface area contributed by atoms with Crippen LogP contribution in [-0.2, 0) is 0 Å². The summed E-state index contributed by atoms with van der Waals surface area (Å²) in [5.74, 6) is 0. The van der Waals surface area contributed by atoms with E-state index in [1.807, 2.05) is 12.2 Å². The molecule has 0 amide bonds. The molecule has 0 bridgehead atoms. The Morgan fingerprint density at radius 1 is 1.86 bits per heavy atom. The fourth-order valence-corrected chi connectivity index (χ4v) is 1.15. The molecule has 0 saturated carbocycles. The summed E-state index contributed by atoms with van der Waals surface area (Å²) in [6, 6.07) is 0. The second kappa shape index (κ2) is 2.31. The quantitative estimate of drug-likeness (QED) is 0.354. The van der Waals surface area contributed by atoms with Crippen LogP contribution >= 0.6 is 0 Å². The van der Waals surface area contributed by atoms with Gasteiger partial charge in [-0.1, -0.05) is 18.6 Å². The molecule has 0 spiro atoms. The maximum Gasteiger partial charge on any atom is 0.0115 e. The topological polar surface area (TPSA) is 0 Å². The van der Waals surface area contributed by atoms with Crippen molar-refractivity contribution in [3.05, 3.63) is 12.2 Å². The zero-order chi connectivity index (χ0) is 7.61. The number of rotatable bonds is 1. The lowest BCUT2D eigenvalue weighted by Crippen LogP contribution is -1.91. The molecule has 0 aromatic carbocycles. The molecule has 40 valence electrons. The van der Waals surface area contributed by atoms with Gasteiger partial charge in [-0.15, -0.1) is 0 Å². The van der Waals surface area contributed by atoms with Crippen molar-refractivity contribution in [3.63, 3.8) is 0 Å².